The number of nitrogens with two attached hydrogens (primary N) is 1. The van der Waals surface area contributed by atoms with E-state index in [2.05, 4.69) is 10.6 Å². The van der Waals surface area contributed by atoms with Crippen LogP contribution in [0.2, 0.25) is 0 Å². The Kier molecular flexibility index (Phi) is 3.79. The van der Waals surface area contributed by atoms with Gasteiger partial charge in [0, 0.05) is 12.6 Å². The third-order valence-corrected chi connectivity index (χ3v) is 1.82. The fourth-order valence-electron chi connectivity index (χ4n) is 1.07. The molecule has 1 aromatic carbocycles. The van der Waals surface area contributed by atoms with Crippen LogP contribution >= 0.6 is 0 Å². The highest BCUT2D eigenvalue weighted by Crippen LogP contribution is 2.22. The number of amides is 2. The maximum absolute atomic E-state index is 11.3. The number of hydrogen-bond donors (Lipinski definition) is 4. The van der Waals surface area contributed by atoms with Gasteiger partial charge in [0.15, 0.2) is 0 Å². The first-order valence-corrected chi connectivity index (χ1v) is 4.77. The zero-order valence-corrected chi connectivity index (χ0v) is 8.58. The van der Waals surface area contributed by atoms with Crippen LogP contribution in [-0.4, -0.2) is 17.7 Å². The zero-order valence-electron chi connectivity index (χ0n) is 8.58. The van der Waals surface area contributed by atoms with E-state index in [0.29, 0.717) is 17.9 Å². The summed E-state index contributed by atoms with van der Waals surface area (Å²) in [6.45, 7) is 2.58. The summed E-state index contributed by atoms with van der Waals surface area (Å²) in [5.74, 6) is 0.0759. The van der Waals surface area contributed by atoms with Crippen molar-refractivity contribution in [1.82, 2.24) is 5.32 Å². The predicted molar refractivity (Wildman–Crippen MR) is 59.8 cm³/mol. The Labute approximate surface area is 88.3 Å². The van der Waals surface area contributed by atoms with E-state index >= 15 is 0 Å². The quantitative estimate of drug-likeness (QED) is 0.449. The van der Waals surface area contributed by atoms with Crippen molar-refractivity contribution in [2.45, 2.75) is 13.3 Å². The maximum Gasteiger partial charge on any atom is 0.319 e. The molecule has 0 heterocycles. The smallest absolute Gasteiger partial charge is 0.319 e. The van der Waals surface area contributed by atoms with Gasteiger partial charge < -0.3 is 21.5 Å². The molecule has 1 aromatic rings. The van der Waals surface area contributed by atoms with Crippen LogP contribution in [0.15, 0.2) is 18.2 Å². The van der Waals surface area contributed by atoms with Crippen LogP contribution in [0.5, 0.6) is 5.75 Å². The first kappa shape index (κ1) is 11.2. The van der Waals surface area contributed by atoms with Gasteiger partial charge in [0.2, 0.25) is 0 Å². The number of nitrogen functional groups attached to an aromatic ring is 1. The lowest BCUT2D eigenvalue weighted by molar-refractivity contribution is 0.252. The van der Waals surface area contributed by atoms with Gasteiger partial charge in [-0.25, -0.2) is 4.79 Å². The molecule has 0 radical (unpaired) electrons. The lowest BCUT2D eigenvalue weighted by Gasteiger charge is -2.09. The lowest BCUT2D eigenvalue weighted by atomic mass is 10.2. The molecular formula is C10H15N3O2. The second kappa shape index (κ2) is 5.09. The van der Waals surface area contributed by atoms with E-state index in [1.165, 1.54) is 12.1 Å². The summed E-state index contributed by atoms with van der Waals surface area (Å²) < 4.78 is 0. The molecule has 0 saturated heterocycles. The Morgan fingerprint density at radius 1 is 1.53 bits per heavy atom. The summed E-state index contributed by atoms with van der Waals surface area (Å²) in [4.78, 5) is 11.3. The second-order valence-electron chi connectivity index (χ2n) is 3.15. The molecule has 0 atom stereocenters. The summed E-state index contributed by atoms with van der Waals surface area (Å²) in [7, 11) is 0. The molecule has 15 heavy (non-hydrogen) atoms. The number of benzene rings is 1. The van der Waals surface area contributed by atoms with Crippen LogP contribution in [0.25, 0.3) is 0 Å². The number of phenols is 1. The second-order valence-corrected chi connectivity index (χ2v) is 3.15. The number of aromatic hydroxyl groups is 1. The highest BCUT2D eigenvalue weighted by Gasteiger charge is 2.04. The number of rotatable bonds is 3. The molecule has 0 unspecified atom stereocenters. The van der Waals surface area contributed by atoms with Crippen LogP contribution in [-0.2, 0) is 0 Å². The van der Waals surface area contributed by atoms with Gasteiger partial charge in [-0.2, -0.15) is 0 Å². The number of carbonyl (C=O) groups is 1. The fourth-order valence-corrected chi connectivity index (χ4v) is 1.07. The molecule has 0 aromatic heterocycles. The number of anilines is 2. The molecule has 0 aliphatic heterocycles. The van der Waals surface area contributed by atoms with Crippen LogP contribution < -0.4 is 16.4 Å². The molecule has 82 valence electrons. The van der Waals surface area contributed by atoms with Crippen molar-refractivity contribution in [2.75, 3.05) is 17.6 Å². The first-order chi connectivity index (χ1) is 7.13. The average Bonchev–Trinajstić information content (AvgIpc) is 2.19. The van der Waals surface area contributed by atoms with Crippen molar-refractivity contribution in [3.63, 3.8) is 0 Å². The first-order valence-electron chi connectivity index (χ1n) is 4.77. The molecule has 5 heteroatoms. The number of carbonyl (C=O) groups excluding carboxylic acids is 1. The highest BCUT2D eigenvalue weighted by molar-refractivity contribution is 5.92. The van der Waals surface area contributed by atoms with Crippen LogP contribution in [0.4, 0.5) is 16.2 Å². The Morgan fingerprint density at radius 2 is 2.27 bits per heavy atom. The van der Waals surface area contributed by atoms with E-state index in [4.69, 9.17) is 10.8 Å². The molecule has 0 saturated carbocycles. The summed E-state index contributed by atoms with van der Waals surface area (Å²) in [5.41, 5.74) is 6.42. The minimum atomic E-state index is -0.297. The predicted octanol–water partition coefficient (Wildman–Crippen LogP) is 1.51. The maximum atomic E-state index is 11.3. The standard InChI is InChI=1S/C10H15N3O2/c1-2-5-12-10(15)13-9-4-3-7(14)6-8(9)11/h3-4,6,14H,2,5,11H2,1H3,(H2,12,13,15). The van der Waals surface area contributed by atoms with Crippen molar-refractivity contribution < 1.29 is 9.90 Å². The summed E-state index contributed by atoms with van der Waals surface area (Å²) >= 11 is 0. The van der Waals surface area contributed by atoms with Gasteiger partial charge in [-0.05, 0) is 18.6 Å². The molecule has 5 nitrogen and oxygen atoms in total. The van der Waals surface area contributed by atoms with E-state index in [9.17, 15) is 4.79 Å². The van der Waals surface area contributed by atoms with Gasteiger partial charge in [-0.1, -0.05) is 6.92 Å². The Balaban J connectivity index is 2.60. The van der Waals surface area contributed by atoms with Crippen molar-refractivity contribution in [3.05, 3.63) is 18.2 Å². The Bertz CT molecular complexity index is 353. The van der Waals surface area contributed by atoms with E-state index in [-0.39, 0.29) is 11.8 Å². The third kappa shape index (κ3) is 3.38. The molecule has 5 N–H and O–H groups in total. The molecule has 0 fully saturated rings. The SMILES string of the molecule is CCCNC(=O)Nc1ccc(O)cc1N. The molecule has 1 rings (SSSR count). The molecule has 0 aliphatic rings. The van der Waals surface area contributed by atoms with Gasteiger partial charge in [-0.3, -0.25) is 0 Å². The minimum absolute atomic E-state index is 0.0759. The molecule has 0 bridgehead atoms. The van der Waals surface area contributed by atoms with Gasteiger partial charge >= 0.3 is 6.03 Å². The number of nitrogens with one attached hydrogen (secondary N) is 2. The van der Waals surface area contributed by atoms with Gasteiger partial charge in [0.1, 0.15) is 5.75 Å². The third-order valence-electron chi connectivity index (χ3n) is 1.82. The zero-order chi connectivity index (χ0) is 11.3. The fraction of sp³-hybridized carbons (Fsp3) is 0.300. The molecule has 0 spiro atoms. The van der Waals surface area contributed by atoms with Crippen molar-refractivity contribution >= 4 is 17.4 Å². The summed E-state index contributed by atoms with van der Waals surface area (Å²) in [6, 6.07) is 4.10. The van der Waals surface area contributed by atoms with Crippen molar-refractivity contribution in [2.24, 2.45) is 0 Å². The number of phenolic OH excluding ortho intramolecular Hbond substituents is 1. The minimum Gasteiger partial charge on any atom is -0.508 e. The number of hydrogen-bond acceptors (Lipinski definition) is 3. The Morgan fingerprint density at radius 3 is 2.87 bits per heavy atom. The Hall–Kier alpha value is -1.91. The van der Waals surface area contributed by atoms with Crippen LogP contribution in [0.3, 0.4) is 0 Å². The largest absolute Gasteiger partial charge is 0.508 e. The molecule has 0 aliphatic carbocycles. The van der Waals surface area contributed by atoms with E-state index in [0.717, 1.165) is 6.42 Å². The van der Waals surface area contributed by atoms with E-state index < -0.39 is 0 Å². The number of urea groups is 1. The summed E-state index contributed by atoms with van der Waals surface area (Å²) in [6.07, 6.45) is 0.873. The lowest BCUT2D eigenvalue weighted by Crippen LogP contribution is -2.29. The average molecular weight is 209 g/mol. The topological polar surface area (TPSA) is 87.4 Å². The van der Waals surface area contributed by atoms with Crippen molar-refractivity contribution in [3.8, 4) is 5.75 Å². The summed E-state index contributed by atoms with van der Waals surface area (Å²) in [5, 5.41) is 14.3. The van der Waals surface area contributed by atoms with Crippen LogP contribution in [0.1, 0.15) is 13.3 Å². The van der Waals surface area contributed by atoms with Gasteiger partial charge in [0.05, 0.1) is 11.4 Å². The molecular weight excluding hydrogens is 194 g/mol. The van der Waals surface area contributed by atoms with Crippen molar-refractivity contribution in [1.29, 1.82) is 0 Å². The van der Waals surface area contributed by atoms with Crippen LogP contribution in [0, 0.1) is 0 Å². The molecule has 2 amide bonds. The highest BCUT2D eigenvalue weighted by atomic mass is 16.3. The van der Waals surface area contributed by atoms with Gasteiger partial charge in [0.25, 0.3) is 0 Å². The monoisotopic (exact) mass is 209 g/mol. The van der Waals surface area contributed by atoms with Gasteiger partial charge in [-0.15, -0.1) is 0 Å². The normalized spacial score (nSPS) is 9.67. The van der Waals surface area contributed by atoms with E-state index in [1.54, 1.807) is 6.07 Å². The van der Waals surface area contributed by atoms with E-state index in [1.807, 2.05) is 6.92 Å².